The summed E-state index contributed by atoms with van der Waals surface area (Å²) in [4.78, 5) is 14.2. The van der Waals surface area contributed by atoms with Crippen molar-refractivity contribution in [3.63, 3.8) is 0 Å². The van der Waals surface area contributed by atoms with Crippen LogP contribution in [-0.4, -0.2) is 48.2 Å². The molecule has 0 radical (unpaired) electrons. The molecule has 0 spiro atoms. The molecule has 2 rings (SSSR count). The molecule has 2 atom stereocenters. The van der Waals surface area contributed by atoms with Crippen LogP contribution < -0.4 is 5.32 Å². The first-order chi connectivity index (χ1) is 9.11. The molecule has 1 aliphatic rings. The van der Waals surface area contributed by atoms with E-state index in [1.807, 2.05) is 6.92 Å². The van der Waals surface area contributed by atoms with Gasteiger partial charge >= 0.3 is 0 Å². The summed E-state index contributed by atoms with van der Waals surface area (Å²) in [7, 11) is 1.64. The molecular formula is C14H23N3O2. The number of ether oxygens (including phenoxy) is 1. The molecule has 0 bridgehead atoms. The van der Waals surface area contributed by atoms with Gasteiger partial charge < -0.3 is 14.6 Å². The van der Waals surface area contributed by atoms with E-state index < -0.39 is 0 Å². The number of fused-ring (bicyclic) bond motifs is 1. The van der Waals surface area contributed by atoms with Gasteiger partial charge in [-0.3, -0.25) is 9.69 Å². The summed E-state index contributed by atoms with van der Waals surface area (Å²) in [5, 5.41) is 2.95. The Morgan fingerprint density at radius 3 is 3.11 bits per heavy atom. The number of carbonyl (C=O) groups excluding carboxylic acids is 1. The zero-order valence-corrected chi connectivity index (χ0v) is 11.9. The number of nitrogens with one attached hydrogen (secondary N) is 1. The molecule has 1 aliphatic heterocycles. The van der Waals surface area contributed by atoms with E-state index in [2.05, 4.69) is 40.0 Å². The third-order valence-corrected chi connectivity index (χ3v) is 3.64. The lowest BCUT2D eigenvalue weighted by Crippen LogP contribution is -2.45. The van der Waals surface area contributed by atoms with Crippen LogP contribution >= 0.6 is 0 Å². The number of hydrogen-bond donors (Lipinski definition) is 1. The average Bonchev–Trinajstić information content (AvgIpc) is 2.82. The maximum absolute atomic E-state index is 12.0. The van der Waals surface area contributed by atoms with Gasteiger partial charge in [-0.1, -0.05) is 0 Å². The number of methoxy groups -OCH3 is 1. The van der Waals surface area contributed by atoms with Crippen molar-refractivity contribution in [2.75, 3.05) is 26.8 Å². The van der Waals surface area contributed by atoms with Gasteiger partial charge in [0.2, 0.25) is 5.91 Å². The monoisotopic (exact) mass is 265 g/mol. The van der Waals surface area contributed by atoms with Crippen molar-refractivity contribution in [1.82, 2.24) is 14.8 Å². The van der Waals surface area contributed by atoms with Crippen molar-refractivity contribution in [1.29, 1.82) is 0 Å². The summed E-state index contributed by atoms with van der Waals surface area (Å²) in [5.74, 6) is 0.0661. The molecule has 0 saturated heterocycles. The first-order valence-electron chi connectivity index (χ1n) is 6.79. The second-order valence-electron chi connectivity index (χ2n) is 5.20. The highest BCUT2D eigenvalue weighted by Gasteiger charge is 2.25. The fourth-order valence-electron chi connectivity index (χ4n) is 2.64. The molecule has 1 amide bonds. The van der Waals surface area contributed by atoms with Gasteiger partial charge in [-0.2, -0.15) is 0 Å². The zero-order chi connectivity index (χ0) is 13.8. The van der Waals surface area contributed by atoms with Gasteiger partial charge in [-0.05, 0) is 26.0 Å². The quantitative estimate of drug-likeness (QED) is 0.864. The Kier molecular flexibility index (Phi) is 4.61. The number of rotatable bonds is 5. The van der Waals surface area contributed by atoms with Gasteiger partial charge in [0, 0.05) is 44.2 Å². The van der Waals surface area contributed by atoms with E-state index >= 15 is 0 Å². The minimum Gasteiger partial charge on any atom is -0.383 e. The van der Waals surface area contributed by atoms with Crippen LogP contribution in [0.15, 0.2) is 18.3 Å². The summed E-state index contributed by atoms with van der Waals surface area (Å²) in [6, 6.07) is 4.53. The molecule has 1 aromatic rings. The van der Waals surface area contributed by atoms with E-state index in [0.717, 1.165) is 13.1 Å². The van der Waals surface area contributed by atoms with Crippen LogP contribution in [0.25, 0.3) is 0 Å². The van der Waals surface area contributed by atoms with Crippen LogP contribution in [0.4, 0.5) is 0 Å². The maximum atomic E-state index is 12.0. The van der Waals surface area contributed by atoms with Crippen LogP contribution in [-0.2, 0) is 16.1 Å². The second-order valence-corrected chi connectivity index (χ2v) is 5.20. The molecule has 19 heavy (non-hydrogen) atoms. The molecule has 1 N–H and O–H groups in total. The van der Waals surface area contributed by atoms with Crippen LogP contribution in [0.5, 0.6) is 0 Å². The largest absolute Gasteiger partial charge is 0.383 e. The lowest BCUT2D eigenvalue weighted by molar-refractivity contribution is -0.124. The van der Waals surface area contributed by atoms with E-state index in [1.54, 1.807) is 7.11 Å². The lowest BCUT2D eigenvalue weighted by Gasteiger charge is -2.34. The number of carbonyl (C=O) groups is 1. The molecule has 0 aromatic carbocycles. The average molecular weight is 265 g/mol. The van der Waals surface area contributed by atoms with Crippen LogP contribution in [0.3, 0.4) is 0 Å². The molecule has 0 unspecified atom stereocenters. The van der Waals surface area contributed by atoms with Gasteiger partial charge in [0.25, 0.3) is 0 Å². The third-order valence-electron chi connectivity index (χ3n) is 3.64. The van der Waals surface area contributed by atoms with Crippen molar-refractivity contribution in [3.05, 3.63) is 24.0 Å². The summed E-state index contributed by atoms with van der Waals surface area (Å²) < 4.78 is 7.28. The van der Waals surface area contributed by atoms with Gasteiger partial charge in [0.15, 0.2) is 0 Å². The first kappa shape index (κ1) is 14.1. The van der Waals surface area contributed by atoms with Crippen LogP contribution in [0, 0.1) is 0 Å². The molecule has 0 saturated carbocycles. The van der Waals surface area contributed by atoms with Crippen LogP contribution in [0.2, 0.25) is 0 Å². The highest BCUT2D eigenvalue weighted by Crippen LogP contribution is 2.24. The van der Waals surface area contributed by atoms with E-state index in [-0.39, 0.29) is 18.0 Å². The van der Waals surface area contributed by atoms with Crippen molar-refractivity contribution in [3.8, 4) is 0 Å². The Bertz CT molecular complexity index is 430. The Morgan fingerprint density at radius 2 is 2.37 bits per heavy atom. The SMILES string of the molecule is COC[C@H](C)NC(=O)CN1CCn2cccc2[C@@H]1C. The predicted octanol–water partition coefficient (Wildman–Crippen LogP) is 1.02. The predicted molar refractivity (Wildman–Crippen MR) is 73.9 cm³/mol. The topological polar surface area (TPSA) is 46.5 Å². The molecule has 0 fully saturated rings. The lowest BCUT2D eigenvalue weighted by atomic mass is 10.1. The van der Waals surface area contributed by atoms with Gasteiger partial charge in [-0.25, -0.2) is 0 Å². The number of aromatic nitrogens is 1. The number of amides is 1. The first-order valence-corrected chi connectivity index (χ1v) is 6.79. The molecule has 2 heterocycles. The molecule has 5 nitrogen and oxygen atoms in total. The van der Waals surface area contributed by atoms with Crippen molar-refractivity contribution in [2.45, 2.75) is 32.5 Å². The Hall–Kier alpha value is -1.33. The van der Waals surface area contributed by atoms with E-state index in [4.69, 9.17) is 4.74 Å². The zero-order valence-electron chi connectivity index (χ0n) is 11.9. The Labute approximate surface area is 114 Å². The summed E-state index contributed by atoms with van der Waals surface area (Å²) >= 11 is 0. The normalized spacial score (nSPS) is 20.9. The minimum absolute atomic E-state index is 0.0569. The van der Waals surface area contributed by atoms with E-state index in [0.29, 0.717) is 13.2 Å². The van der Waals surface area contributed by atoms with Gasteiger partial charge in [-0.15, -0.1) is 0 Å². The van der Waals surface area contributed by atoms with Crippen molar-refractivity contribution < 1.29 is 9.53 Å². The fraction of sp³-hybridized carbons (Fsp3) is 0.643. The summed E-state index contributed by atoms with van der Waals surface area (Å²) in [6.45, 7) is 6.95. The highest BCUT2D eigenvalue weighted by atomic mass is 16.5. The minimum atomic E-state index is 0.0569. The molecule has 0 aliphatic carbocycles. The third kappa shape index (κ3) is 3.36. The highest BCUT2D eigenvalue weighted by molar-refractivity contribution is 5.78. The summed E-state index contributed by atoms with van der Waals surface area (Å²) in [5.41, 5.74) is 1.28. The number of nitrogens with zero attached hydrogens (tertiary/aromatic N) is 2. The van der Waals surface area contributed by atoms with E-state index in [9.17, 15) is 4.79 Å². The summed E-state index contributed by atoms with van der Waals surface area (Å²) in [6.07, 6.45) is 2.10. The maximum Gasteiger partial charge on any atom is 0.234 e. The smallest absolute Gasteiger partial charge is 0.234 e. The number of hydrogen-bond acceptors (Lipinski definition) is 3. The van der Waals surface area contributed by atoms with Gasteiger partial charge in [0.05, 0.1) is 13.2 Å². The fourth-order valence-corrected chi connectivity index (χ4v) is 2.64. The van der Waals surface area contributed by atoms with E-state index in [1.165, 1.54) is 5.69 Å². The standard InChI is InChI=1S/C14H23N3O2/c1-11(10-19-3)15-14(18)9-17-8-7-16-6-4-5-13(16)12(17)2/h4-6,11-12H,7-10H2,1-3H3,(H,15,18)/t11-,12-/m0/s1. The molecule has 106 valence electrons. The van der Waals surface area contributed by atoms with Gasteiger partial charge in [0.1, 0.15) is 0 Å². The van der Waals surface area contributed by atoms with Crippen LogP contribution in [0.1, 0.15) is 25.6 Å². The van der Waals surface area contributed by atoms with Crippen molar-refractivity contribution >= 4 is 5.91 Å². The molecule has 5 heteroatoms. The Morgan fingerprint density at radius 1 is 1.58 bits per heavy atom. The second kappa shape index (κ2) is 6.21. The molecular weight excluding hydrogens is 242 g/mol. The van der Waals surface area contributed by atoms with Crippen molar-refractivity contribution in [2.24, 2.45) is 0 Å². The Balaban J connectivity index is 1.88. The molecule has 1 aromatic heterocycles.